The number of carbonyl (C=O) groups excluding carboxylic acids is 1. The van der Waals surface area contributed by atoms with E-state index in [0.717, 1.165) is 0 Å². The van der Waals surface area contributed by atoms with Crippen LogP contribution in [0.3, 0.4) is 0 Å². The molecule has 0 saturated carbocycles. The number of carboxylic acids is 1. The number of amides is 1. The van der Waals surface area contributed by atoms with Crippen molar-refractivity contribution in [1.29, 1.82) is 0 Å². The van der Waals surface area contributed by atoms with Gasteiger partial charge in [0, 0.05) is 12.1 Å². The Morgan fingerprint density at radius 1 is 1.24 bits per heavy atom. The number of ether oxygens (including phenoxy) is 1. The van der Waals surface area contributed by atoms with E-state index in [1.165, 1.54) is 0 Å². The molecule has 116 valence electrons. The molecule has 0 aromatic heterocycles. The lowest BCUT2D eigenvalue weighted by Gasteiger charge is -2.23. The molecule has 0 aliphatic carbocycles. The van der Waals surface area contributed by atoms with E-state index in [0.29, 0.717) is 17.7 Å². The molecule has 0 fully saturated rings. The fourth-order valence-corrected chi connectivity index (χ4v) is 2.05. The Labute approximate surface area is 125 Å². The molecule has 1 amide bonds. The van der Waals surface area contributed by atoms with Crippen LogP contribution in [-0.4, -0.2) is 30.6 Å². The van der Waals surface area contributed by atoms with Crippen molar-refractivity contribution in [3.63, 3.8) is 0 Å². The molecule has 0 saturated heterocycles. The Morgan fingerprint density at radius 2 is 1.81 bits per heavy atom. The van der Waals surface area contributed by atoms with Crippen molar-refractivity contribution >= 4 is 11.9 Å². The average Bonchev–Trinajstić information content (AvgIpc) is 2.41. The summed E-state index contributed by atoms with van der Waals surface area (Å²) in [6, 6.07) is 6.68. The first-order valence-corrected chi connectivity index (χ1v) is 6.88. The minimum Gasteiger partial charge on any atom is -0.497 e. The Balaban J connectivity index is 2.62. The maximum atomic E-state index is 12.0. The standard InChI is InChI=1S/C16H23NO4/c1-16(2,3)9-12(15(19)20)10-17-14(18)11-5-7-13(21-4)8-6-11/h5-8,12H,9-10H2,1-4H3,(H,17,18)(H,19,20). The number of hydrogen-bond acceptors (Lipinski definition) is 3. The molecule has 0 bridgehead atoms. The van der Waals surface area contributed by atoms with Crippen LogP contribution in [0.4, 0.5) is 0 Å². The van der Waals surface area contributed by atoms with Gasteiger partial charge in [-0.25, -0.2) is 0 Å². The fraction of sp³-hybridized carbons (Fsp3) is 0.500. The Hall–Kier alpha value is -2.04. The first-order valence-electron chi connectivity index (χ1n) is 6.88. The van der Waals surface area contributed by atoms with Gasteiger partial charge in [-0.2, -0.15) is 0 Å². The summed E-state index contributed by atoms with van der Waals surface area (Å²) in [7, 11) is 1.55. The highest BCUT2D eigenvalue weighted by atomic mass is 16.5. The van der Waals surface area contributed by atoms with Gasteiger partial charge in [0.05, 0.1) is 13.0 Å². The molecule has 1 aromatic rings. The summed E-state index contributed by atoms with van der Waals surface area (Å²) in [4.78, 5) is 23.2. The molecule has 5 nitrogen and oxygen atoms in total. The second-order valence-corrected chi connectivity index (χ2v) is 6.24. The molecule has 0 radical (unpaired) electrons. The molecule has 0 aliphatic rings. The molecular formula is C16H23NO4. The number of nitrogens with one attached hydrogen (secondary N) is 1. The van der Waals surface area contributed by atoms with Crippen LogP contribution < -0.4 is 10.1 Å². The van der Waals surface area contributed by atoms with Gasteiger partial charge in [-0.3, -0.25) is 9.59 Å². The van der Waals surface area contributed by atoms with Crippen molar-refractivity contribution in [3.8, 4) is 5.75 Å². The molecule has 0 spiro atoms. The lowest BCUT2D eigenvalue weighted by atomic mass is 9.84. The number of benzene rings is 1. The summed E-state index contributed by atoms with van der Waals surface area (Å²) in [5.41, 5.74) is 0.379. The van der Waals surface area contributed by atoms with Crippen LogP contribution in [-0.2, 0) is 4.79 Å². The lowest BCUT2D eigenvalue weighted by molar-refractivity contribution is -0.142. The monoisotopic (exact) mass is 293 g/mol. The third-order valence-electron chi connectivity index (χ3n) is 3.07. The number of methoxy groups -OCH3 is 1. The summed E-state index contributed by atoms with van der Waals surface area (Å²) in [5.74, 6) is -1.09. The Kier molecular flexibility index (Phi) is 5.76. The van der Waals surface area contributed by atoms with Gasteiger partial charge in [0.25, 0.3) is 5.91 Å². The van der Waals surface area contributed by atoms with Crippen molar-refractivity contribution in [2.24, 2.45) is 11.3 Å². The molecule has 1 aromatic carbocycles. The first-order chi connectivity index (χ1) is 9.73. The number of carbonyl (C=O) groups is 2. The second kappa shape index (κ2) is 7.11. The van der Waals surface area contributed by atoms with Crippen LogP contribution in [0, 0.1) is 11.3 Å². The topological polar surface area (TPSA) is 75.6 Å². The zero-order valence-electron chi connectivity index (χ0n) is 13.0. The zero-order chi connectivity index (χ0) is 16.0. The summed E-state index contributed by atoms with van der Waals surface area (Å²) in [6.07, 6.45) is 0.505. The van der Waals surface area contributed by atoms with E-state index in [-0.39, 0.29) is 17.9 Å². The van der Waals surface area contributed by atoms with E-state index in [1.807, 2.05) is 20.8 Å². The molecule has 1 rings (SSSR count). The highest BCUT2D eigenvalue weighted by Gasteiger charge is 2.25. The summed E-state index contributed by atoms with van der Waals surface area (Å²) >= 11 is 0. The number of hydrogen-bond donors (Lipinski definition) is 2. The van der Waals surface area contributed by atoms with E-state index < -0.39 is 11.9 Å². The van der Waals surface area contributed by atoms with Crippen molar-refractivity contribution in [2.75, 3.05) is 13.7 Å². The van der Waals surface area contributed by atoms with Gasteiger partial charge in [0.1, 0.15) is 5.75 Å². The van der Waals surface area contributed by atoms with Gasteiger partial charge in [-0.05, 0) is 36.1 Å². The minimum atomic E-state index is -0.889. The van der Waals surface area contributed by atoms with Gasteiger partial charge >= 0.3 is 5.97 Å². The zero-order valence-corrected chi connectivity index (χ0v) is 13.0. The van der Waals surface area contributed by atoms with E-state index >= 15 is 0 Å². The maximum Gasteiger partial charge on any atom is 0.308 e. The van der Waals surface area contributed by atoms with Crippen LogP contribution in [0.15, 0.2) is 24.3 Å². The number of aliphatic carboxylic acids is 1. The lowest BCUT2D eigenvalue weighted by Crippen LogP contribution is -2.35. The average molecular weight is 293 g/mol. The molecule has 0 heterocycles. The van der Waals surface area contributed by atoms with Crippen LogP contribution in [0.1, 0.15) is 37.6 Å². The van der Waals surface area contributed by atoms with E-state index in [9.17, 15) is 14.7 Å². The van der Waals surface area contributed by atoms with E-state index in [2.05, 4.69) is 5.32 Å². The molecule has 0 aliphatic heterocycles. The highest BCUT2D eigenvalue weighted by molar-refractivity contribution is 5.94. The third-order valence-corrected chi connectivity index (χ3v) is 3.07. The van der Waals surface area contributed by atoms with E-state index in [4.69, 9.17) is 4.74 Å². The minimum absolute atomic E-state index is 0.103. The fourth-order valence-electron chi connectivity index (χ4n) is 2.05. The number of rotatable bonds is 6. The SMILES string of the molecule is COc1ccc(C(=O)NCC(CC(C)(C)C)C(=O)O)cc1. The van der Waals surface area contributed by atoms with Gasteiger partial charge in [0.2, 0.25) is 0 Å². The van der Waals surface area contributed by atoms with Crippen molar-refractivity contribution in [3.05, 3.63) is 29.8 Å². The molecule has 1 unspecified atom stereocenters. The molecule has 5 heteroatoms. The second-order valence-electron chi connectivity index (χ2n) is 6.24. The van der Waals surface area contributed by atoms with E-state index in [1.54, 1.807) is 31.4 Å². The predicted octanol–water partition coefficient (Wildman–Crippen LogP) is 2.56. The molecule has 1 atom stereocenters. The largest absolute Gasteiger partial charge is 0.497 e. The highest BCUT2D eigenvalue weighted by Crippen LogP contribution is 2.24. The maximum absolute atomic E-state index is 12.0. The molecule has 21 heavy (non-hydrogen) atoms. The van der Waals surface area contributed by atoms with Crippen LogP contribution in [0.2, 0.25) is 0 Å². The van der Waals surface area contributed by atoms with Crippen molar-refractivity contribution in [1.82, 2.24) is 5.32 Å². The van der Waals surface area contributed by atoms with Crippen LogP contribution >= 0.6 is 0 Å². The number of carboxylic acid groups (broad SMARTS) is 1. The summed E-state index contributed by atoms with van der Waals surface area (Å²) in [6.45, 7) is 6.06. The van der Waals surface area contributed by atoms with Gasteiger partial charge < -0.3 is 15.2 Å². The van der Waals surface area contributed by atoms with Gasteiger partial charge in [-0.1, -0.05) is 20.8 Å². The third kappa shape index (κ3) is 5.85. The summed E-state index contributed by atoms with van der Waals surface area (Å²) in [5, 5.41) is 11.9. The molecular weight excluding hydrogens is 270 g/mol. The first kappa shape index (κ1) is 17.0. The Morgan fingerprint density at radius 3 is 2.24 bits per heavy atom. The normalized spacial score (nSPS) is 12.6. The Bertz CT molecular complexity index is 488. The summed E-state index contributed by atoms with van der Waals surface area (Å²) < 4.78 is 5.02. The van der Waals surface area contributed by atoms with Crippen molar-refractivity contribution in [2.45, 2.75) is 27.2 Å². The predicted molar refractivity (Wildman–Crippen MR) is 80.5 cm³/mol. The van der Waals surface area contributed by atoms with Crippen molar-refractivity contribution < 1.29 is 19.4 Å². The van der Waals surface area contributed by atoms with Crippen LogP contribution in [0.5, 0.6) is 5.75 Å². The quantitative estimate of drug-likeness (QED) is 0.845. The molecule has 2 N–H and O–H groups in total. The smallest absolute Gasteiger partial charge is 0.308 e. The van der Waals surface area contributed by atoms with Gasteiger partial charge in [0.15, 0.2) is 0 Å². The van der Waals surface area contributed by atoms with Crippen LogP contribution in [0.25, 0.3) is 0 Å². The van der Waals surface area contributed by atoms with Gasteiger partial charge in [-0.15, -0.1) is 0 Å².